The minimum absolute atomic E-state index is 0.0187. The molecular formula is C26H32O15. The van der Waals surface area contributed by atoms with Gasteiger partial charge in [-0.05, 0) is 36.4 Å². The van der Waals surface area contributed by atoms with Crippen LogP contribution in [0.15, 0.2) is 36.4 Å². The summed E-state index contributed by atoms with van der Waals surface area (Å²) in [4.78, 5) is 12.6. The van der Waals surface area contributed by atoms with Gasteiger partial charge in [0.05, 0.1) is 33.0 Å². The summed E-state index contributed by atoms with van der Waals surface area (Å²) in [5, 5.41) is 71.8. The standard InChI is InChI=1S/C26H32O15/c1-35-15-7-12(8-16(36-2)18(15)28)23(33)38-10-26(34)11-39-25(22(26)32)37-9-17-19(29)20(30)21(31)24(41-17)40-14-5-3-13(27)4-6-14/h3-8,17,19-22,24-25,27-32,34H,9-11H2,1-2H3. The minimum Gasteiger partial charge on any atom is -0.508 e. The number of rotatable bonds is 10. The second-order valence-electron chi connectivity index (χ2n) is 9.49. The number of phenolic OH excluding ortho intramolecular Hbond substituents is 2. The summed E-state index contributed by atoms with van der Waals surface area (Å²) in [5.74, 6) is -1.15. The van der Waals surface area contributed by atoms with Gasteiger partial charge in [0.2, 0.25) is 12.0 Å². The molecule has 0 saturated carbocycles. The first-order valence-electron chi connectivity index (χ1n) is 12.4. The Bertz CT molecular complexity index is 1160. The summed E-state index contributed by atoms with van der Waals surface area (Å²) >= 11 is 0. The van der Waals surface area contributed by atoms with Crippen LogP contribution in [0.4, 0.5) is 0 Å². The van der Waals surface area contributed by atoms with Gasteiger partial charge in [-0.2, -0.15) is 0 Å². The lowest BCUT2D eigenvalue weighted by Crippen LogP contribution is -2.60. The Morgan fingerprint density at radius 2 is 1.59 bits per heavy atom. The zero-order valence-electron chi connectivity index (χ0n) is 22.0. The van der Waals surface area contributed by atoms with Crippen LogP contribution in [0.25, 0.3) is 0 Å². The number of ether oxygens (including phenoxy) is 7. The van der Waals surface area contributed by atoms with Crippen molar-refractivity contribution in [2.45, 2.75) is 48.7 Å². The van der Waals surface area contributed by atoms with E-state index in [-0.39, 0.29) is 34.3 Å². The molecule has 0 spiro atoms. The first-order chi connectivity index (χ1) is 19.5. The van der Waals surface area contributed by atoms with Crippen molar-refractivity contribution >= 4 is 5.97 Å². The highest BCUT2D eigenvalue weighted by Crippen LogP contribution is 2.37. The van der Waals surface area contributed by atoms with E-state index in [9.17, 15) is 40.5 Å². The van der Waals surface area contributed by atoms with E-state index in [1.54, 1.807) is 0 Å². The number of methoxy groups -OCH3 is 2. The van der Waals surface area contributed by atoms with Crippen LogP contribution in [0.2, 0.25) is 0 Å². The lowest BCUT2D eigenvalue weighted by Gasteiger charge is -2.40. The summed E-state index contributed by atoms with van der Waals surface area (Å²) in [6.07, 6.45) is -10.7. The molecule has 15 heteroatoms. The van der Waals surface area contributed by atoms with Crippen LogP contribution < -0.4 is 14.2 Å². The Balaban J connectivity index is 1.33. The van der Waals surface area contributed by atoms with E-state index in [1.165, 1.54) is 50.6 Å². The van der Waals surface area contributed by atoms with E-state index in [0.717, 1.165) is 0 Å². The molecule has 2 aliphatic rings. The molecule has 2 aromatic rings. The highest BCUT2D eigenvalue weighted by molar-refractivity contribution is 5.91. The molecule has 2 saturated heterocycles. The third kappa shape index (κ3) is 6.58. The average molecular weight is 585 g/mol. The van der Waals surface area contributed by atoms with Gasteiger partial charge in [-0.3, -0.25) is 0 Å². The van der Waals surface area contributed by atoms with E-state index in [4.69, 9.17) is 33.2 Å². The monoisotopic (exact) mass is 584 g/mol. The van der Waals surface area contributed by atoms with Crippen molar-refractivity contribution in [2.24, 2.45) is 0 Å². The van der Waals surface area contributed by atoms with Crippen molar-refractivity contribution in [3.63, 3.8) is 0 Å². The molecule has 0 amide bonds. The predicted octanol–water partition coefficient (Wildman–Crippen LogP) is -1.38. The van der Waals surface area contributed by atoms with Crippen molar-refractivity contribution in [2.75, 3.05) is 34.0 Å². The molecule has 2 heterocycles. The maximum atomic E-state index is 12.6. The van der Waals surface area contributed by atoms with Gasteiger partial charge in [0.25, 0.3) is 0 Å². The number of aromatic hydroxyl groups is 2. The van der Waals surface area contributed by atoms with Gasteiger partial charge < -0.3 is 68.9 Å². The number of carbonyl (C=O) groups is 1. The summed E-state index contributed by atoms with van der Waals surface area (Å²) in [5.41, 5.74) is -2.13. The average Bonchev–Trinajstić information content (AvgIpc) is 3.25. The molecule has 2 fully saturated rings. The summed E-state index contributed by atoms with van der Waals surface area (Å²) in [6.45, 7) is -1.66. The van der Waals surface area contributed by atoms with Crippen molar-refractivity contribution in [3.8, 4) is 28.7 Å². The van der Waals surface area contributed by atoms with Gasteiger partial charge in [0, 0.05) is 0 Å². The normalized spacial score (nSPS) is 31.4. The second kappa shape index (κ2) is 12.6. The van der Waals surface area contributed by atoms with E-state index in [0.29, 0.717) is 0 Å². The molecule has 41 heavy (non-hydrogen) atoms. The summed E-state index contributed by atoms with van der Waals surface area (Å²) < 4.78 is 37.0. The van der Waals surface area contributed by atoms with E-state index in [2.05, 4.69) is 0 Å². The Kier molecular flexibility index (Phi) is 9.41. The van der Waals surface area contributed by atoms with Crippen molar-refractivity contribution in [1.82, 2.24) is 0 Å². The van der Waals surface area contributed by atoms with Crippen LogP contribution in [0.1, 0.15) is 10.4 Å². The summed E-state index contributed by atoms with van der Waals surface area (Å²) in [6, 6.07) is 7.89. The maximum absolute atomic E-state index is 12.6. The first kappa shape index (κ1) is 30.5. The molecule has 2 aliphatic heterocycles. The lowest BCUT2D eigenvalue weighted by atomic mass is 9.99. The Labute approximate surface area is 233 Å². The topological polar surface area (TPSA) is 223 Å². The zero-order valence-corrected chi connectivity index (χ0v) is 22.0. The SMILES string of the molecule is COc1cc(C(=O)OCC2(O)COC(OCC3OC(Oc4ccc(O)cc4)C(O)C(O)C3O)C2O)cc(OC)c1O. The molecule has 226 valence electrons. The smallest absolute Gasteiger partial charge is 0.338 e. The van der Waals surface area contributed by atoms with E-state index < -0.39 is 74.5 Å². The highest BCUT2D eigenvalue weighted by atomic mass is 16.7. The number of esters is 1. The number of benzene rings is 2. The molecule has 4 rings (SSSR count). The van der Waals surface area contributed by atoms with Crippen molar-refractivity contribution in [1.29, 1.82) is 0 Å². The van der Waals surface area contributed by atoms with Gasteiger partial charge >= 0.3 is 5.97 Å². The Morgan fingerprint density at radius 1 is 0.951 bits per heavy atom. The summed E-state index contributed by atoms with van der Waals surface area (Å²) in [7, 11) is 2.56. The van der Waals surface area contributed by atoms with Gasteiger partial charge in [0.15, 0.2) is 23.4 Å². The van der Waals surface area contributed by atoms with Gasteiger partial charge in [-0.25, -0.2) is 4.79 Å². The fourth-order valence-electron chi connectivity index (χ4n) is 4.21. The van der Waals surface area contributed by atoms with E-state index >= 15 is 0 Å². The van der Waals surface area contributed by atoms with Gasteiger partial charge in [0.1, 0.15) is 48.6 Å². The van der Waals surface area contributed by atoms with Crippen LogP contribution in [0.3, 0.4) is 0 Å². The van der Waals surface area contributed by atoms with Crippen LogP contribution >= 0.6 is 0 Å². The molecule has 15 nitrogen and oxygen atoms in total. The molecule has 0 bridgehead atoms. The Hall–Kier alpha value is -3.41. The number of phenols is 2. The highest BCUT2D eigenvalue weighted by Gasteiger charge is 2.51. The molecular weight excluding hydrogens is 552 g/mol. The number of hydrogen-bond donors (Lipinski definition) is 7. The molecule has 7 N–H and O–H groups in total. The maximum Gasteiger partial charge on any atom is 0.338 e. The third-order valence-corrected chi connectivity index (χ3v) is 6.66. The molecule has 2 aromatic carbocycles. The first-order valence-corrected chi connectivity index (χ1v) is 12.4. The third-order valence-electron chi connectivity index (χ3n) is 6.66. The molecule has 0 aromatic heterocycles. The number of aliphatic hydroxyl groups excluding tert-OH is 4. The van der Waals surface area contributed by atoms with Crippen LogP contribution in [0.5, 0.6) is 28.7 Å². The van der Waals surface area contributed by atoms with Crippen LogP contribution in [-0.4, -0.2) is 124 Å². The predicted molar refractivity (Wildman–Crippen MR) is 134 cm³/mol. The number of hydrogen-bond acceptors (Lipinski definition) is 15. The number of aliphatic hydroxyl groups is 5. The molecule has 8 atom stereocenters. The molecule has 8 unspecified atom stereocenters. The fraction of sp³-hybridized carbons (Fsp3) is 0.500. The van der Waals surface area contributed by atoms with Crippen LogP contribution in [-0.2, 0) is 18.9 Å². The van der Waals surface area contributed by atoms with Crippen LogP contribution in [0, 0.1) is 0 Å². The zero-order chi connectivity index (χ0) is 29.9. The quantitative estimate of drug-likeness (QED) is 0.160. The Morgan fingerprint density at radius 3 is 2.20 bits per heavy atom. The van der Waals surface area contributed by atoms with Gasteiger partial charge in [-0.15, -0.1) is 0 Å². The fourth-order valence-corrected chi connectivity index (χ4v) is 4.21. The van der Waals surface area contributed by atoms with Gasteiger partial charge in [-0.1, -0.05) is 0 Å². The second-order valence-corrected chi connectivity index (χ2v) is 9.49. The largest absolute Gasteiger partial charge is 0.508 e. The molecule has 0 radical (unpaired) electrons. The minimum atomic E-state index is -2.07. The molecule has 0 aliphatic carbocycles. The van der Waals surface area contributed by atoms with E-state index in [1.807, 2.05) is 0 Å². The van der Waals surface area contributed by atoms with Crippen molar-refractivity contribution in [3.05, 3.63) is 42.0 Å². The number of carbonyl (C=O) groups excluding carboxylic acids is 1. The van der Waals surface area contributed by atoms with Crippen molar-refractivity contribution < 1.29 is 73.7 Å². The lowest BCUT2D eigenvalue weighted by molar-refractivity contribution is -0.289.